The summed E-state index contributed by atoms with van der Waals surface area (Å²) in [6.07, 6.45) is -4.96. The van der Waals surface area contributed by atoms with Gasteiger partial charge in [0.25, 0.3) is 0 Å². The van der Waals surface area contributed by atoms with Gasteiger partial charge in [-0.15, -0.1) is 0 Å². The molecule has 0 bridgehead atoms. The van der Waals surface area contributed by atoms with Gasteiger partial charge in [-0.05, 0) is 42.0 Å². The van der Waals surface area contributed by atoms with Crippen molar-refractivity contribution in [3.05, 3.63) is 87.0 Å². The number of halogens is 5. The fourth-order valence-electron chi connectivity index (χ4n) is 3.52. The molecule has 0 spiro atoms. The minimum atomic E-state index is -4.96. The van der Waals surface area contributed by atoms with E-state index in [0.29, 0.717) is 5.56 Å². The van der Waals surface area contributed by atoms with E-state index in [9.17, 15) is 22.4 Å². The van der Waals surface area contributed by atoms with Crippen LogP contribution in [-0.4, -0.2) is 14.2 Å². The standard InChI is InChI=1S/C25H17ClF4O5/c1-32-19-8-4-13(9-21(19)33-2)22-23(31)17-7-6-16(11-20(17)35-24(22)25(28,29)30)34-12-14-3-5-15(27)10-18(14)26/h3-11H,12H2,1-2H3. The first kappa shape index (κ1) is 24.4. The van der Waals surface area contributed by atoms with Crippen molar-refractivity contribution in [2.75, 3.05) is 14.2 Å². The number of methoxy groups -OCH3 is 2. The molecule has 1 aromatic heterocycles. The highest BCUT2D eigenvalue weighted by atomic mass is 35.5. The molecule has 0 unspecified atom stereocenters. The largest absolute Gasteiger partial charge is 0.493 e. The van der Waals surface area contributed by atoms with Crippen LogP contribution in [-0.2, 0) is 12.8 Å². The van der Waals surface area contributed by atoms with Gasteiger partial charge in [0, 0.05) is 11.6 Å². The average Bonchev–Trinajstić information content (AvgIpc) is 2.82. The van der Waals surface area contributed by atoms with Crippen molar-refractivity contribution in [2.45, 2.75) is 12.8 Å². The molecule has 5 nitrogen and oxygen atoms in total. The van der Waals surface area contributed by atoms with E-state index in [0.717, 1.165) is 6.07 Å². The SMILES string of the molecule is COc1ccc(-c2c(C(F)(F)F)oc3cc(OCc4ccc(F)cc4Cl)ccc3c2=O)cc1OC. The van der Waals surface area contributed by atoms with E-state index in [1.807, 2.05) is 0 Å². The lowest BCUT2D eigenvalue weighted by atomic mass is 10.0. The lowest BCUT2D eigenvalue weighted by Gasteiger charge is -2.15. The van der Waals surface area contributed by atoms with Gasteiger partial charge in [-0.1, -0.05) is 23.7 Å². The molecule has 0 aliphatic carbocycles. The Balaban J connectivity index is 1.80. The lowest BCUT2D eigenvalue weighted by Crippen LogP contribution is -2.16. The Morgan fingerprint density at radius 1 is 0.943 bits per heavy atom. The molecular weight excluding hydrogens is 492 g/mol. The molecule has 0 aliphatic heterocycles. The summed E-state index contributed by atoms with van der Waals surface area (Å²) in [6.45, 7) is -0.0787. The van der Waals surface area contributed by atoms with E-state index < -0.39 is 28.7 Å². The highest BCUT2D eigenvalue weighted by molar-refractivity contribution is 6.31. The Morgan fingerprint density at radius 2 is 1.69 bits per heavy atom. The van der Waals surface area contributed by atoms with E-state index in [-0.39, 0.29) is 45.4 Å². The number of hydrogen-bond acceptors (Lipinski definition) is 5. The van der Waals surface area contributed by atoms with Crippen LogP contribution in [0.4, 0.5) is 17.6 Å². The minimum absolute atomic E-state index is 0.0445. The zero-order valence-electron chi connectivity index (χ0n) is 18.3. The summed E-state index contributed by atoms with van der Waals surface area (Å²) in [7, 11) is 2.71. The Kier molecular flexibility index (Phi) is 6.62. The third-order valence-electron chi connectivity index (χ3n) is 5.20. The molecule has 0 amide bonds. The van der Waals surface area contributed by atoms with Crippen molar-refractivity contribution in [1.29, 1.82) is 0 Å². The number of rotatable bonds is 6. The maximum atomic E-state index is 14.0. The quantitative estimate of drug-likeness (QED) is 0.266. The highest BCUT2D eigenvalue weighted by Crippen LogP contribution is 2.40. The van der Waals surface area contributed by atoms with Crippen LogP contribution < -0.4 is 19.6 Å². The van der Waals surface area contributed by atoms with Gasteiger partial charge in [0.1, 0.15) is 23.8 Å². The molecule has 3 aromatic carbocycles. The van der Waals surface area contributed by atoms with E-state index in [4.69, 9.17) is 30.2 Å². The first-order chi connectivity index (χ1) is 16.6. The molecule has 1 heterocycles. The molecule has 35 heavy (non-hydrogen) atoms. The molecule has 0 aliphatic rings. The van der Waals surface area contributed by atoms with Crippen LogP contribution in [0.3, 0.4) is 0 Å². The molecule has 0 fully saturated rings. The normalized spacial score (nSPS) is 11.5. The van der Waals surface area contributed by atoms with Gasteiger partial charge < -0.3 is 18.6 Å². The maximum absolute atomic E-state index is 14.0. The zero-order valence-corrected chi connectivity index (χ0v) is 19.1. The summed E-state index contributed by atoms with van der Waals surface area (Å²) in [5, 5.41) is 0.0613. The monoisotopic (exact) mass is 508 g/mol. The molecule has 0 N–H and O–H groups in total. The van der Waals surface area contributed by atoms with Crippen molar-refractivity contribution in [3.8, 4) is 28.4 Å². The van der Waals surface area contributed by atoms with Gasteiger partial charge in [-0.2, -0.15) is 13.2 Å². The van der Waals surface area contributed by atoms with Gasteiger partial charge in [0.2, 0.25) is 11.2 Å². The predicted octanol–water partition coefficient (Wildman–Crippen LogP) is 6.87. The third kappa shape index (κ3) is 4.90. The minimum Gasteiger partial charge on any atom is -0.493 e. The van der Waals surface area contributed by atoms with Gasteiger partial charge in [-0.25, -0.2) is 4.39 Å². The van der Waals surface area contributed by atoms with Gasteiger partial charge in [0.05, 0.1) is 30.2 Å². The Bertz CT molecular complexity index is 1460. The third-order valence-corrected chi connectivity index (χ3v) is 5.55. The molecule has 182 valence electrons. The van der Waals surface area contributed by atoms with Crippen molar-refractivity contribution >= 4 is 22.6 Å². The maximum Gasteiger partial charge on any atom is 0.450 e. The summed E-state index contributed by atoms with van der Waals surface area (Å²) < 4.78 is 76.1. The molecular formula is C25H17ClF4O5. The lowest BCUT2D eigenvalue weighted by molar-refractivity contribution is -0.152. The van der Waals surface area contributed by atoms with Crippen molar-refractivity contribution in [1.82, 2.24) is 0 Å². The van der Waals surface area contributed by atoms with Crippen molar-refractivity contribution in [2.24, 2.45) is 0 Å². The summed E-state index contributed by atoms with van der Waals surface area (Å²) in [5.74, 6) is -1.40. The number of alkyl halides is 3. The van der Waals surface area contributed by atoms with E-state index >= 15 is 0 Å². The van der Waals surface area contributed by atoms with Gasteiger partial charge in [0.15, 0.2) is 11.5 Å². The number of hydrogen-bond donors (Lipinski definition) is 0. The predicted molar refractivity (Wildman–Crippen MR) is 122 cm³/mol. The second-order valence-electron chi connectivity index (χ2n) is 7.39. The summed E-state index contributed by atoms with van der Waals surface area (Å²) >= 11 is 5.98. The molecule has 0 saturated heterocycles. The zero-order chi connectivity index (χ0) is 25.3. The summed E-state index contributed by atoms with van der Waals surface area (Å²) in [5.41, 5.74) is -1.42. The van der Waals surface area contributed by atoms with Gasteiger partial charge >= 0.3 is 6.18 Å². The van der Waals surface area contributed by atoms with E-state index in [1.165, 1.54) is 62.8 Å². The second kappa shape index (κ2) is 9.50. The summed E-state index contributed by atoms with van der Waals surface area (Å²) in [6, 6.07) is 11.7. The number of fused-ring (bicyclic) bond motifs is 1. The van der Waals surface area contributed by atoms with Crippen LogP contribution in [0, 0.1) is 5.82 Å². The molecule has 10 heteroatoms. The second-order valence-corrected chi connectivity index (χ2v) is 7.79. The topological polar surface area (TPSA) is 57.9 Å². The first-order valence-corrected chi connectivity index (χ1v) is 10.5. The Morgan fingerprint density at radius 3 is 2.34 bits per heavy atom. The van der Waals surface area contributed by atoms with Crippen LogP contribution in [0.25, 0.3) is 22.1 Å². The molecule has 4 aromatic rings. The summed E-state index contributed by atoms with van der Waals surface area (Å²) in [4.78, 5) is 13.2. The first-order valence-electron chi connectivity index (χ1n) is 10.1. The van der Waals surface area contributed by atoms with Crippen LogP contribution in [0.5, 0.6) is 17.2 Å². The number of ether oxygens (including phenoxy) is 3. The van der Waals surface area contributed by atoms with E-state index in [2.05, 4.69) is 0 Å². The Labute approximate surface area is 201 Å². The highest BCUT2D eigenvalue weighted by Gasteiger charge is 2.39. The molecule has 4 rings (SSSR count). The fourth-order valence-corrected chi connectivity index (χ4v) is 3.74. The fraction of sp³-hybridized carbons (Fsp3) is 0.160. The van der Waals surface area contributed by atoms with Crippen LogP contribution in [0.1, 0.15) is 11.3 Å². The molecule has 0 saturated carbocycles. The van der Waals surface area contributed by atoms with E-state index in [1.54, 1.807) is 0 Å². The van der Waals surface area contributed by atoms with Crippen molar-refractivity contribution in [3.63, 3.8) is 0 Å². The smallest absolute Gasteiger partial charge is 0.450 e. The Hall–Kier alpha value is -3.72. The van der Waals surface area contributed by atoms with Crippen LogP contribution in [0.2, 0.25) is 5.02 Å². The van der Waals surface area contributed by atoms with Gasteiger partial charge in [-0.3, -0.25) is 4.79 Å². The van der Waals surface area contributed by atoms with Crippen LogP contribution >= 0.6 is 11.6 Å². The molecule has 0 atom stereocenters. The molecule has 0 radical (unpaired) electrons. The van der Waals surface area contributed by atoms with Crippen LogP contribution in [0.15, 0.2) is 63.8 Å². The number of benzene rings is 3. The average molecular weight is 509 g/mol. The van der Waals surface area contributed by atoms with Crippen molar-refractivity contribution < 1.29 is 36.2 Å².